The minimum absolute atomic E-state index is 0.0134. The van der Waals surface area contributed by atoms with Gasteiger partial charge in [-0.2, -0.15) is 10.4 Å². The maximum atomic E-state index is 12.0. The van der Waals surface area contributed by atoms with Crippen molar-refractivity contribution < 1.29 is 4.92 Å². The third-order valence-electron chi connectivity index (χ3n) is 3.19. The molecule has 0 radical (unpaired) electrons. The van der Waals surface area contributed by atoms with Crippen LogP contribution in [0.4, 0.5) is 5.69 Å². The molecule has 2 rings (SSSR count). The summed E-state index contributed by atoms with van der Waals surface area (Å²) in [5.74, 6) is 0. The average Bonchev–Trinajstić information content (AvgIpc) is 2.54. The second kappa shape index (κ2) is 6.63. The van der Waals surface area contributed by atoms with Gasteiger partial charge in [0.05, 0.1) is 10.6 Å². The molecule has 0 aliphatic carbocycles. The van der Waals surface area contributed by atoms with E-state index in [9.17, 15) is 14.9 Å². The van der Waals surface area contributed by atoms with Gasteiger partial charge < -0.3 is 0 Å². The third-order valence-corrected chi connectivity index (χ3v) is 3.19. The molecule has 1 heterocycles. The van der Waals surface area contributed by atoms with E-state index in [1.165, 1.54) is 22.9 Å². The Hall–Kier alpha value is -3.01. The molecule has 1 aromatic carbocycles. The van der Waals surface area contributed by atoms with Crippen molar-refractivity contribution in [2.45, 2.75) is 26.3 Å². The molecule has 0 saturated carbocycles. The Morgan fingerprint density at radius 3 is 2.59 bits per heavy atom. The standard InChI is InChI=1S/C15H14N4O3/c1-2-3-8-18-15(20)12(10-16)9-14(17-18)11-4-6-13(7-5-11)19(21)22/h4-7,9H,2-3,8H2,1H3. The molecule has 0 bridgehead atoms. The highest BCUT2D eigenvalue weighted by atomic mass is 16.6. The fraction of sp³-hybridized carbons (Fsp3) is 0.267. The van der Waals surface area contributed by atoms with Gasteiger partial charge in [0.15, 0.2) is 0 Å². The van der Waals surface area contributed by atoms with Gasteiger partial charge in [-0.3, -0.25) is 14.9 Å². The van der Waals surface area contributed by atoms with Crippen molar-refractivity contribution in [1.82, 2.24) is 9.78 Å². The number of aryl methyl sites for hydroxylation is 1. The van der Waals surface area contributed by atoms with Gasteiger partial charge in [-0.1, -0.05) is 13.3 Å². The molecule has 112 valence electrons. The minimum atomic E-state index is -0.486. The molecular formula is C15H14N4O3. The van der Waals surface area contributed by atoms with Crippen LogP contribution in [0.1, 0.15) is 25.3 Å². The number of non-ortho nitro benzene ring substituents is 1. The van der Waals surface area contributed by atoms with Crippen LogP contribution in [-0.2, 0) is 6.54 Å². The molecule has 7 heteroatoms. The number of nitro groups is 1. The van der Waals surface area contributed by atoms with Gasteiger partial charge in [0.2, 0.25) is 0 Å². The maximum Gasteiger partial charge on any atom is 0.284 e. The quantitative estimate of drug-likeness (QED) is 0.623. The largest absolute Gasteiger partial charge is 0.284 e. The van der Waals surface area contributed by atoms with Crippen LogP contribution in [0, 0.1) is 21.4 Å². The highest BCUT2D eigenvalue weighted by Crippen LogP contribution is 2.20. The summed E-state index contributed by atoms with van der Waals surface area (Å²) in [4.78, 5) is 22.2. The van der Waals surface area contributed by atoms with Gasteiger partial charge >= 0.3 is 0 Å². The predicted octanol–water partition coefficient (Wildman–Crippen LogP) is 2.49. The molecule has 0 aliphatic heterocycles. The summed E-state index contributed by atoms with van der Waals surface area (Å²) in [7, 11) is 0. The number of benzene rings is 1. The Morgan fingerprint density at radius 1 is 1.36 bits per heavy atom. The first-order valence-corrected chi connectivity index (χ1v) is 6.84. The van der Waals surface area contributed by atoms with Crippen LogP contribution < -0.4 is 5.56 Å². The molecule has 0 atom stereocenters. The molecule has 1 aromatic heterocycles. The highest BCUT2D eigenvalue weighted by Gasteiger charge is 2.11. The van der Waals surface area contributed by atoms with Crippen LogP contribution in [0.25, 0.3) is 11.3 Å². The van der Waals surface area contributed by atoms with Crippen molar-refractivity contribution in [2.75, 3.05) is 0 Å². The van der Waals surface area contributed by atoms with Crippen LogP contribution in [0.5, 0.6) is 0 Å². The second-order valence-electron chi connectivity index (χ2n) is 4.74. The summed E-state index contributed by atoms with van der Waals surface area (Å²) in [6.45, 7) is 2.43. The minimum Gasteiger partial charge on any atom is -0.266 e. The zero-order valence-electron chi connectivity index (χ0n) is 12.0. The molecule has 0 aliphatic rings. The van der Waals surface area contributed by atoms with Crippen molar-refractivity contribution in [1.29, 1.82) is 5.26 Å². The molecule has 0 amide bonds. The molecule has 0 unspecified atom stereocenters. The lowest BCUT2D eigenvalue weighted by molar-refractivity contribution is -0.384. The first-order valence-electron chi connectivity index (χ1n) is 6.84. The fourth-order valence-corrected chi connectivity index (χ4v) is 1.98. The summed E-state index contributed by atoms with van der Waals surface area (Å²) in [6.07, 6.45) is 1.68. The molecule has 0 spiro atoms. The normalized spacial score (nSPS) is 10.2. The third kappa shape index (κ3) is 3.17. The van der Waals surface area contributed by atoms with Crippen LogP contribution in [-0.4, -0.2) is 14.7 Å². The number of nitrogens with zero attached hydrogens (tertiary/aromatic N) is 4. The molecule has 0 N–H and O–H groups in total. The van der Waals surface area contributed by atoms with Crippen molar-refractivity contribution in [2.24, 2.45) is 0 Å². The second-order valence-corrected chi connectivity index (χ2v) is 4.74. The Morgan fingerprint density at radius 2 is 2.05 bits per heavy atom. The number of hydrogen-bond acceptors (Lipinski definition) is 5. The Kier molecular flexibility index (Phi) is 4.63. The number of aromatic nitrogens is 2. The number of unbranched alkanes of at least 4 members (excludes halogenated alkanes) is 1. The van der Waals surface area contributed by atoms with Gasteiger partial charge in [0.1, 0.15) is 11.6 Å². The highest BCUT2D eigenvalue weighted by molar-refractivity contribution is 5.61. The number of nitro benzene ring substituents is 1. The molecule has 0 fully saturated rings. The smallest absolute Gasteiger partial charge is 0.266 e. The first kappa shape index (κ1) is 15.4. The zero-order chi connectivity index (χ0) is 16.1. The molecule has 22 heavy (non-hydrogen) atoms. The van der Waals surface area contributed by atoms with E-state index in [0.29, 0.717) is 17.8 Å². The van der Waals surface area contributed by atoms with Crippen LogP contribution in [0.15, 0.2) is 35.1 Å². The van der Waals surface area contributed by atoms with Gasteiger partial charge in [0.25, 0.3) is 11.2 Å². The lowest BCUT2D eigenvalue weighted by atomic mass is 10.1. The van der Waals surface area contributed by atoms with E-state index in [4.69, 9.17) is 5.26 Å². The Balaban J connectivity index is 2.48. The molecule has 7 nitrogen and oxygen atoms in total. The molecule has 2 aromatic rings. The van der Waals surface area contributed by atoms with E-state index >= 15 is 0 Å². The number of nitriles is 1. The molecular weight excluding hydrogens is 284 g/mol. The summed E-state index contributed by atoms with van der Waals surface area (Å²) < 4.78 is 1.28. The van der Waals surface area contributed by atoms with E-state index in [1.807, 2.05) is 13.0 Å². The number of rotatable bonds is 5. The van der Waals surface area contributed by atoms with Gasteiger partial charge in [-0.05, 0) is 24.6 Å². The summed E-state index contributed by atoms with van der Waals surface area (Å²) >= 11 is 0. The predicted molar refractivity (Wildman–Crippen MR) is 80.2 cm³/mol. The fourth-order valence-electron chi connectivity index (χ4n) is 1.98. The van der Waals surface area contributed by atoms with E-state index < -0.39 is 10.5 Å². The van der Waals surface area contributed by atoms with Crippen molar-refractivity contribution in [3.8, 4) is 17.3 Å². The summed E-state index contributed by atoms with van der Waals surface area (Å²) in [5.41, 5.74) is 0.638. The SMILES string of the molecule is CCCCn1nc(-c2ccc([N+](=O)[O-])cc2)cc(C#N)c1=O. The lowest BCUT2D eigenvalue weighted by Gasteiger charge is -2.07. The Bertz CT molecular complexity index is 788. The maximum absolute atomic E-state index is 12.0. The Labute approximate surface area is 126 Å². The van der Waals surface area contributed by atoms with Crippen LogP contribution in [0.2, 0.25) is 0 Å². The first-order chi connectivity index (χ1) is 10.6. The summed E-state index contributed by atoms with van der Waals surface area (Å²) in [6, 6.07) is 9.11. The van der Waals surface area contributed by atoms with E-state index in [0.717, 1.165) is 12.8 Å². The van der Waals surface area contributed by atoms with E-state index in [1.54, 1.807) is 12.1 Å². The van der Waals surface area contributed by atoms with E-state index in [2.05, 4.69) is 5.10 Å². The summed E-state index contributed by atoms with van der Waals surface area (Å²) in [5, 5.41) is 24.0. The van der Waals surface area contributed by atoms with Gasteiger partial charge in [-0.15, -0.1) is 0 Å². The molecule has 0 saturated heterocycles. The van der Waals surface area contributed by atoms with Crippen molar-refractivity contribution in [3.05, 3.63) is 56.4 Å². The topological polar surface area (TPSA) is 102 Å². The van der Waals surface area contributed by atoms with E-state index in [-0.39, 0.29) is 11.3 Å². The lowest BCUT2D eigenvalue weighted by Crippen LogP contribution is -2.25. The van der Waals surface area contributed by atoms with Crippen LogP contribution in [0.3, 0.4) is 0 Å². The number of hydrogen-bond donors (Lipinski definition) is 0. The monoisotopic (exact) mass is 298 g/mol. The average molecular weight is 298 g/mol. The van der Waals surface area contributed by atoms with Crippen molar-refractivity contribution in [3.63, 3.8) is 0 Å². The van der Waals surface area contributed by atoms with Gasteiger partial charge in [0, 0.05) is 24.2 Å². The van der Waals surface area contributed by atoms with Gasteiger partial charge in [-0.25, -0.2) is 4.68 Å². The van der Waals surface area contributed by atoms with Crippen molar-refractivity contribution >= 4 is 5.69 Å². The zero-order valence-corrected chi connectivity index (χ0v) is 12.0. The van der Waals surface area contributed by atoms with Crippen LogP contribution >= 0.6 is 0 Å².